The topological polar surface area (TPSA) is 34.9 Å². The molecule has 0 spiro atoms. The minimum Gasteiger partial charge on any atom is -0.267 e. The van der Waals surface area contributed by atoms with Gasteiger partial charge >= 0.3 is 6.18 Å². The van der Waals surface area contributed by atoms with E-state index in [4.69, 9.17) is 0 Å². The molecule has 0 aliphatic heterocycles. The number of fused-ring (bicyclic) bond motifs is 1. The fourth-order valence-electron chi connectivity index (χ4n) is 1.60. The lowest BCUT2D eigenvalue weighted by atomic mass is 10.1. The maximum atomic E-state index is 12.5. The fourth-order valence-corrected chi connectivity index (χ4v) is 1.60. The van der Waals surface area contributed by atoms with Crippen molar-refractivity contribution in [3.8, 4) is 0 Å². The SMILES string of the molecule is C=C(C)n1ncc2cc(C(F)(F)F)ccc2c1=O. The van der Waals surface area contributed by atoms with Crippen molar-refractivity contribution in [2.45, 2.75) is 13.1 Å². The summed E-state index contributed by atoms with van der Waals surface area (Å²) in [5.41, 5.74) is -0.875. The van der Waals surface area contributed by atoms with E-state index in [1.165, 1.54) is 6.20 Å². The Balaban J connectivity index is 2.73. The predicted molar refractivity (Wildman–Crippen MR) is 62.0 cm³/mol. The fraction of sp³-hybridized carbons (Fsp3) is 0.167. The van der Waals surface area contributed by atoms with Crippen LogP contribution in [0, 0.1) is 0 Å². The Kier molecular flexibility index (Phi) is 2.73. The van der Waals surface area contributed by atoms with Crippen LogP contribution in [0.25, 0.3) is 16.5 Å². The van der Waals surface area contributed by atoms with Crippen molar-refractivity contribution in [3.05, 3.63) is 46.9 Å². The zero-order valence-electron chi connectivity index (χ0n) is 9.45. The van der Waals surface area contributed by atoms with E-state index < -0.39 is 17.3 Å². The number of allylic oxidation sites excluding steroid dienone is 1. The van der Waals surface area contributed by atoms with Crippen molar-refractivity contribution in [1.29, 1.82) is 0 Å². The van der Waals surface area contributed by atoms with Gasteiger partial charge in [-0.05, 0) is 25.1 Å². The average molecular weight is 254 g/mol. The summed E-state index contributed by atoms with van der Waals surface area (Å²) < 4.78 is 38.6. The molecule has 1 aromatic heterocycles. The van der Waals surface area contributed by atoms with Crippen LogP contribution >= 0.6 is 0 Å². The predicted octanol–water partition coefficient (Wildman–Crippen LogP) is 2.91. The molecule has 6 heteroatoms. The van der Waals surface area contributed by atoms with E-state index in [9.17, 15) is 18.0 Å². The van der Waals surface area contributed by atoms with E-state index in [1.807, 2.05) is 0 Å². The molecule has 0 N–H and O–H groups in total. The van der Waals surface area contributed by atoms with Crippen LogP contribution in [0.3, 0.4) is 0 Å². The molecular formula is C12H9F3N2O. The van der Waals surface area contributed by atoms with Crippen LogP contribution in [0.2, 0.25) is 0 Å². The second kappa shape index (κ2) is 3.97. The normalized spacial score (nSPS) is 11.8. The number of nitrogens with zero attached hydrogens (tertiary/aromatic N) is 2. The van der Waals surface area contributed by atoms with Gasteiger partial charge in [-0.15, -0.1) is 0 Å². The monoisotopic (exact) mass is 254 g/mol. The quantitative estimate of drug-likeness (QED) is 0.784. The molecule has 0 atom stereocenters. The van der Waals surface area contributed by atoms with Crippen molar-refractivity contribution in [2.24, 2.45) is 0 Å². The standard InChI is InChI=1S/C12H9F3N2O/c1-7(2)17-11(18)10-4-3-9(12(13,14)15)5-8(10)6-16-17/h3-6H,1H2,2H3. The molecular weight excluding hydrogens is 245 g/mol. The van der Waals surface area contributed by atoms with E-state index in [0.29, 0.717) is 5.70 Å². The molecule has 1 heterocycles. The van der Waals surface area contributed by atoms with Gasteiger partial charge in [-0.2, -0.15) is 18.3 Å². The molecule has 0 saturated carbocycles. The number of halogens is 3. The van der Waals surface area contributed by atoms with E-state index in [1.54, 1.807) is 6.92 Å². The first-order valence-electron chi connectivity index (χ1n) is 5.06. The first-order chi connectivity index (χ1) is 8.30. The van der Waals surface area contributed by atoms with Crippen LogP contribution < -0.4 is 5.56 Å². The number of hydrogen-bond acceptors (Lipinski definition) is 2. The van der Waals surface area contributed by atoms with Crippen LogP contribution in [0.5, 0.6) is 0 Å². The van der Waals surface area contributed by atoms with E-state index in [-0.39, 0.29) is 10.8 Å². The number of rotatable bonds is 1. The highest BCUT2D eigenvalue weighted by Gasteiger charge is 2.30. The summed E-state index contributed by atoms with van der Waals surface area (Å²) in [6, 6.07) is 2.95. The molecule has 2 rings (SSSR count). The molecule has 0 saturated heterocycles. The second-order valence-electron chi connectivity index (χ2n) is 3.90. The lowest BCUT2D eigenvalue weighted by Crippen LogP contribution is -2.20. The van der Waals surface area contributed by atoms with Crippen LogP contribution in [0.15, 0.2) is 35.8 Å². The van der Waals surface area contributed by atoms with Gasteiger partial charge in [0, 0.05) is 11.1 Å². The summed E-state index contributed by atoms with van der Waals surface area (Å²) in [7, 11) is 0. The van der Waals surface area contributed by atoms with Crippen molar-refractivity contribution < 1.29 is 13.2 Å². The smallest absolute Gasteiger partial charge is 0.267 e. The molecule has 0 aliphatic rings. The summed E-state index contributed by atoms with van der Waals surface area (Å²) in [5.74, 6) is 0. The van der Waals surface area contributed by atoms with Crippen molar-refractivity contribution >= 4 is 16.5 Å². The van der Waals surface area contributed by atoms with E-state index in [2.05, 4.69) is 11.7 Å². The van der Waals surface area contributed by atoms with Gasteiger partial charge in [-0.3, -0.25) is 4.79 Å². The zero-order chi connectivity index (χ0) is 13.5. The molecule has 2 aromatic rings. The molecule has 0 unspecified atom stereocenters. The minimum atomic E-state index is -4.43. The third kappa shape index (κ3) is 2.01. The highest BCUT2D eigenvalue weighted by Crippen LogP contribution is 2.30. The summed E-state index contributed by atoms with van der Waals surface area (Å²) in [4.78, 5) is 11.9. The molecule has 0 aliphatic carbocycles. The second-order valence-corrected chi connectivity index (χ2v) is 3.90. The average Bonchev–Trinajstić information content (AvgIpc) is 2.27. The maximum Gasteiger partial charge on any atom is 0.416 e. The van der Waals surface area contributed by atoms with Gasteiger partial charge < -0.3 is 0 Å². The Morgan fingerprint density at radius 3 is 2.61 bits per heavy atom. The van der Waals surface area contributed by atoms with Gasteiger partial charge in [0.05, 0.1) is 17.1 Å². The Labute approximate surface area is 100 Å². The number of benzene rings is 1. The van der Waals surface area contributed by atoms with Gasteiger partial charge in [-0.25, -0.2) is 4.68 Å². The molecule has 18 heavy (non-hydrogen) atoms. The Morgan fingerprint density at radius 2 is 2.06 bits per heavy atom. The molecule has 94 valence electrons. The van der Waals surface area contributed by atoms with Gasteiger partial charge in [0.1, 0.15) is 0 Å². The van der Waals surface area contributed by atoms with Gasteiger partial charge in [0.25, 0.3) is 5.56 Å². The largest absolute Gasteiger partial charge is 0.416 e. The van der Waals surface area contributed by atoms with Crippen molar-refractivity contribution in [3.63, 3.8) is 0 Å². The molecule has 0 amide bonds. The molecule has 0 radical (unpaired) electrons. The summed E-state index contributed by atoms with van der Waals surface area (Å²) in [6.45, 7) is 5.16. The van der Waals surface area contributed by atoms with Crippen LogP contribution in [-0.2, 0) is 6.18 Å². The van der Waals surface area contributed by atoms with Gasteiger partial charge in [0.2, 0.25) is 0 Å². The Morgan fingerprint density at radius 1 is 1.39 bits per heavy atom. The summed E-state index contributed by atoms with van der Waals surface area (Å²) in [5, 5.41) is 4.11. The third-order valence-corrected chi connectivity index (χ3v) is 2.48. The lowest BCUT2D eigenvalue weighted by molar-refractivity contribution is -0.137. The number of alkyl halides is 3. The van der Waals surface area contributed by atoms with Crippen molar-refractivity contribution in [1.82, 2.24) is 9.78 Å². The Bertz CT molecular complexity index is 686. The van der Waals surface area contributed by atoms with Crippen LogP contribution in [-0.4, -0.2) is 9.78 Å². The third-order valence-electron chi connectivity index (χ3n) is 2.48. The van der Waals surface area contributed by atoms with Gasteiger partial charge in [0.15, 0.2) is 0 Å². The summed E-state index contributed by atoms with van der Waals surface area (Å²) in [6.07, 6.45) is -3.21. The molecule has 0 fully saturated rings. The maximum absolute atomic E-state index is 12.5. The van der Waals surface area contributed by atoms with E-state index in [0.717, 1.165) is 22.9 Å². The highest BCUT2D eigenvalue weighted by atomic mass is 19.4. The van der Waals surface area contributed by atoms with Crippen LogP contribution in [0.1, 0.15) is 12.5 Å². The first kappa shape index (κ1) is 12.3. The lowest BCUT2D eigenvalue weighted by Gasteiger charge is -2.08. The van der Waals surface area contributed by atoms with E-state index >= 15 is 0 Å². The highest BCUT2D eigenvalue weighted by molar-refractivity contribution is 5.81. The first-order valence-corrected chi connectivity index (χ1v) is 5.06. The Hall–Kier alpha value is -2.11. The molecule has 0 bridgehead atoms. The van der Waals surface area contributed by atoms with Gasteiger partial charge in [-0.1, -0.05) is 6.58 Å². The zero-order valence-corrected chi connectivity index (χ0v) is 9.45. The number of hydrogen-bond donors (Lipinski definition) is 0. The number of aromatic nitrogens is 2. The molecule has 1 aromatic carbocycles. The molecule has 3 nitrogen and oxygen atoms in total. The minimum absolute atomic E-state index is 0.160. The summed E-state index contributed by atoms with van der Waals surface area (Å²) >= 11 is 0. The van der Waals surface area contributed by atoms with Crippen LogP contribution in [0.4, 0.5) is 13.2 Å². The van der Waals surface area contributed by atoms with Crippen molar-refractivity contribution in [2.75, 3.05) is 0 Å².